The fourth-order valence-corrected chi connectivity index (χ4v) is 6.33. The van der Waals surface area contributed by atoms with Crippen LogP contribution in [-0.4, -0.2) is 44.8 Å². The van der Waals surface area contributed by atoms with Crippen molar-refractivity contribution in [2.45, 2.75) is 37.8 Å². The molecule has 4 aromatic carbocycles. The molecule has 0 saturated heterocycles. The fraction of sp³-hybridized carbons (Fsp3) is 0.212. The summed E-state index contributed by atoms with van der Waals surface area (Å²) in [5.74, 6) is 0.159. The van der Waals surface area contributed by atoms with Gasteiger partial charge in [0.25, 0.3) is 10.0 Å². The average molecular weight is 655 g/mol. The maximum absolute atomic E-state index is 14.1. The Morgan fingerprint density at radius 1 is 0.864 bits per heavy atom. The van der Waals surface area contributed by atoms with Crippen LogP contribution in [0.15, 0.2) is 102 Å². The summed E-state index contributed by atoms with van der Waals surface area (Å²) in [5, 5.41) is 3.25. The van der Waals surface area contributed by atoms with Crippen molar-refractivity contribution in [3.8, 4) is 11.5 Å². The number of aryl methyl sites for hydroxylation is 1. The molecule has 0 aliphatic rings. The first-order valence-corrected chi connectivity index (χ1v) is 16.1. The van der Waals surface area contributed by atoms with Gasteiger partial charge in [0.05, 0.1) is 20.6 Å². The number of carbonyl (C=O) groups is 2. The maximum Gasteiger partial charge on any atom is 0.264 e. The largest absolute Gasteiger partial charge is 0.457 e. The average Bonchev–Trinajstić information content (AvgIpc) is 3.02. The number of rotatable bonds is 12. The lowest BCUT2D eigenvalue weighted by Gasteiger charge is -2.33. The number of benzene rings is 4. The number of nitrogens with zero attached hydrogens (tertiary/aromatic N) is 2. The molecule has 0 aliphatic carbocycles. The van der Waals surface area contributed by atoms with Crippen LogP contribution in [0.2, 0.25) is 10.0 Å². The Bertz CT molecular complexity index is 1700. The molecule has 11 heteroatoms. The van der Waals surface area contributed by atoms with Gasteiger partial charge < -0.3 is 15.0 Å². The summed E-state index contributed by atoms with van der Waals surface area (Å²) in [6, 6.07) is 26.1. The van der Waals surface area contributed by atoms with Gasteiger partial charge in [0.1, 0.15) is 24.1 Å². The zero-order valence-corrected chi connectivity index (χ0v) is 26.9. The number of sulfonamides is 1. The number of amides is 2. The third-order valence-corrected chi connectivity index (χ3v) is 9.49. The molecule has 0 fully saturated rings. The zero-order valence-electron chi connectivity index (χ0n) is 24.5. The minimum absolute atomic E-state index is 0.00389. The van der Waals surface area contributed by atoms with Gasteiger partial charge in [-0.05, 0) is 79.6 Å². The molecule has 4 aromatic rings. The summed E-state index contributed by atoms with van der Waals surface area (Å²) >= 11 is 12.3. The van der Waals surface area contributed by atoms with Crippen LogP contribution in [-0.2, 0) is 26.2 Å². The van der Waals surface area contributed by atoms with Gasteiger partial charge in [-0.15, -0.1) is 0 Å². The van der Waals surface area contributed by atoms with Crippen LogP contribution in [0.5, 0.6) is 11.5 Å². The van der Waals surface area contributed by atoms with Gasteiger partial charge in [0.2, 0.25) is 11.8 Å². The second-order valence-electron chi connectivity index (χ2n) is 10.0. The summed E-state index contributed by atoms with van der Waals surface area (Å²) in [6.45, 7) is 3.07. The minimum atomic E-state index is -4.21. The minimum Gasteiger partial charge on any atom is -0.457 e. The summed E-state index contributed by atoms with van der Waals surface area (Å²) in [7, 11) is -2.72. The van der Waals surface area contributed by atoms with E-state index in [1.54, 1.807) is 73.7 Å². The van der Waals surface area contributed by atoms with Crippen molar-refractivity contribution in [3.63, 3.8) is 0 Å². The molecule has 0 aliphatic heterocycles. The molecule has 1 atom stereocenters. The molecule has 44 heavy (non-hydrogen) atoms. The Kier molecular flexibility index (Phi) is 10.9. The van der Waals surface area contributed by atoms with Crippen LogP contribution in [0.3, 0.4) is 0 Å². The lowest BCUT2D eigenvalue weighted by atomic mass is 10.1. The van der Waals surface area contributed by atoms with Crippen molar-refractivity contribution >= 4 is 50.7 Å². The lowest BCUT2D eigenvalue weighted by Crippen LogP contribution is -2.51. The third kappa shape index (κ3) is 7.91. The second kappa shape index (κ2) is 14.6. The van der Waals surface area contributed by atoms with Crippen molar-refractivity contribution < 1.29 is 22.7 Å². The monoisotopic (exact) mass is 653 g/mol. The Hall–Kier alpha value is -4.05. The van der Waals surface area contributed by atoms with E-state index in [1.165, 1.54) is 24.1 Å². The Morgan fingerprint density at radius 3 is 2.09 bits per heavy atom. The predicted molar refractivity (Wildman–Crippen MR) is 174 cm³/mol. The SMILES string of the molecule is CC[C@H](C(=O)NC)N(Cc1ccc(Cl)c(Cl)c1)C(=O)CN(c1ccc(Oc2ccccc2)cc1)S(=O)(=O)c1ccc(C)cc1. The third-order valence-electron chi connectivity index (χ3n) is 6.96. The highest BCUT2D eigenvalue weighted by Gasteiger charge is 2.33. The molecule has 0 spiro atoms. The van der Waals surface area contributed by atoms with E-state index in [-0.39, 0.29) is 23.0 Å². The van der Waals surface area contributed by atoms with E-state index >= 15 is 0 Å². The highest BCUT2D eigenvalue weighted by molar-refractivity contribution is 7.92. The van der Waals surface area contributed by atoms with Crippen LogP contribution in [0, 0.1) is 6.92 Å². The van der Waals surface area contributed by atoms with Crippen LogP contribution in [0.4, 0.5) is 5.69 Å². The Morgan fingerprint density at radius 2 is 1.50 bits per heavy atom. The smallest absolute Gasteiger partial charge is 0.264 e. The topological polar surface area (TPSA) is 96.0 Å². The quantitative estimate of drug-likeness (QED) is 0.181. The summed E-state index contributed by atoms with van der Waals surface area (Å²) in [6.07, 6.45) is 0.295. The van der Waals surface area contributed by atoms with Gasteiger partial charge in [0.15, 0.2) is 0 Å². The molecule has 2 amide bonds. The van der Waals surface area contributed by atoms with E-state index in [0.717, 1.165) is 9.87 Å². The highest BCUT2D eigenvalue weighted by Crippen LogP contribution is 2.29. The number of halogens is 2. The fourth-order valence-electron chi connectivity index (χ4n) is 4.59. The molecule has 0 unspecified atom stereocenters. The first-order chi connectivity index (χ1) is 21.0. The van der Waals surface area contributed by atoms with Gasteiger partial charge in [-0.1, -0.05) is 72.1 Å². The molecular formula is C33H33Cl2N3O5S. The number of hydrogen-bond donors (Lipinski definition) is 1. The molecule has 0 aromatic heterocycles. The first-order valence-electron chi connectivity index (χ1n) is 13.9. The van der Waals surface area contributed by atoms with Crippen molar-refractivity contribution in [3.05, 3.63) is 118 Å². The van der Waals surface area contributed by atoms with E-state index in [1.807, 2.05) is 25.1 Å². The molecule has 230 valence electrons. The number of para-hydroxylation sites is 1. The molecule has 4 rings (SSSR count). The summed E-state index contributed by atoms with van der Waals surface area (Å²) in [5.41, 5.74) is 1.77. The van der Waals surface area contributed by atoms with Crippen molar-refractivity contribution in [1.29, 1.82) is 0 Å². The summed E-state index contributed by atoms with van der Waals surface area (Å²) < 4.78 is 35.0. The van der Waals surface area contributed by atoms with Gasteiger partial charge >= 0.3 is 0 Å². The highest BCUT2D eigenvalue weighted by atomic mass is 35.5. The number of likely N-dealkylation sites (N-methyl/N-ethyl adjacent to an activating group) is 1. The Labute approximate surface area is 268 Å². The zero-order chi connectivity index (χ0) is 31.9. The number of anilines is 1. The van der Waals surface area contributed by atoms with Gasteiger partial charge in [-0.25, -0.2) is 8.42 Å². The van der Waals surface area contributed by atoms with E-state index in [2.05, 4.69) is 5.32 Å². The van der Waals surface area contributed by atoms with Crippen molar-refractivity contribution in [1.82, 2.24) is 10.2 Å². The van der Waals surface area contributed by atoms with Gasteiger partial charge in [0, 0.05) is 13.6 Å². The molecule has 1 N–H and O–H groups in total. The molecule has 0 heterocycles. The number of carbonyl (C=O) groups excluding carboxylic acids is 2. The maximum atomic E-state index is 14.1. The van der Waals surface area contributed by atoms with E-state index < -0.39 is 28.5 Å². The summed E-state index contributed by atoms with van der Waals surface area (Å²) in [4.78, 5) is 28.4. The van der Waals surface area contributed by atoms with E-state index in [0.29, 0.717) is 33.5 Å². The van der Waals surface area contributed by atoms with E-state index in [9.17, 15) is 18.0 Å². The van der Waals surface area contributed by atoms with Crippen LogP contribution in [0.1, 0.15) is 24.5 Å². The van der Waals surface area contributed by atoms with Crippen LogP contribution in [0.25, 0.3) is 0 Å². The molecule has 0 radical (unpaired) electrons. The standard InChI is InChI=1S/C33H33Cl2N3O5S/c1-4-31(33(40)36-3)37(21-24-12-19-29(34)30(35)20-24)32(39)22-38(44(41,42)28-17-10-23(2)11-18-28)25-13-15-27(16-14-25)43-26-8-6-5-7-9-26/h5-20,31H,4,21-22H2,1-3H3,(H,36,40)/t31-/m1/s1. The van der Waals surface area contributed by atoms with Gasteiger partial charge in [-0.2, -0.15) is 0 Å². The second-order valence-corrected chi connectivity index (χ2v) is 12.7. The van der Waals surface area contributed by atoms with E-state index in [4.69, 9.17) is 27.9 Å². The van der Waals surface area contributed by atoms with Crippen molar-refractivity contribution in [2.24, 2.45) is 0 Å². The molecule has 0 bridgehead atoms. The van der Waals surface area contributed by atoms with Crippen LogP contribution >= 0.6 is 23.2 Å². The first kappa shape index (κ1) is 32.9. The number of hydrogen-bond acceptors (Lipinski definition) is 5. The number of ether oxygens (including phenoxy) is 1. The molecule has 0 saturated carbocycles. The molecule has 8 nitrogen and oxygen atoms in total. The predicted octanol–water partition coefficient (Wildman–Crippen LogP) is 6.84. The number of nitrogens with one attached hydrogen (secondary N) is 1. The van der Waals surface area contributed by atoms with Crippen molar-refractivity contribution in [2.75, 3.05) is 17.9 Å². The Balaban J connectivity index is 1.73. The lowest BCUT2D eigenvalue weighted by molar-refractivity contribution is -0.140. The molecular weight excluding hydrogens is 621 g/mol. The normalized spacial score (nSPS) is 11.8. The van der Waals surface area contributed by atoms with Crippen LogP contribution < -0.4 is 14.4 Å². The van der Waals surface area contributed by atoms with Gasteiger partial charge in [-0.3, -0.25) is 13.9 Å².